The summed E-state index contributed by atoms with van der Waals surface area (Å²) in [5.74, 6) is -0.0509. The Hall–Kier alpha value is -0.530. The zero-order valence-corrected chi connectivity index (χ0v) is 8.44. The molecule has 0 aromatic heterocycles. The van der Waals surface area contributed by atoms with Crippen LogP contribution in [0.4, 0.5) is 0 Å². The summed E-state index contributed by atoms with van der Waals surface area (Å²) in [6, 6.07) is 0. The van der Waals surface area contributed by atoms with E-state index in [9.17, 15) is 4.79 Å². The molecule has 2 heteroatoms. The molecule has 1 aliphatic rings. The molecule has 0 aromatic carbocycles. The Kier molecular flexibility index (Phi) is 2.19. The second-order valence-electron chi connectivity index (χ2n) is 4.58. The van der Waals surface area contributed by atoms with Gasteiger partial charge in [0, 0.05) is 0 Å². The standard InChI is InChI=1S/C10H18O2/c1-5-9(2,3)8(11)12-10(4)6-7-10/h5-7H2,1-4H3. The van der Waals surface area contributed by atoms with Gasteiger partial charge in [-0.2, -0.15) is 0 Å². The highest BCUT2D eigenvalue weighted by atomic mass is 16.6. The highest BCUT2D eigenvalue weighted by Crippen LogP contribution is 2.40. The maximum atomic E-state index is 11.5. The van der Waals surface area contributed by atoms with Crippen molar-refractivity contribution in [3.63, 3.8) is 0 Å². The Morgan fingerprint density at radius 1 is 1.50 bits per heavy atom. The molecule has 1 rings (SSSR count). The first kappa shape index (κ1) is 9.56. The van der Waals surface area contributed by atoms with Gasteiger partial charge in [0.05, 0.1) is 5.41 Å². The van der Waals surface area contributed by atoms with Gasteiger partial charge in [-0.25, -0.2) is 0 Å². The number of carbonyl (C=O) groups excluding carboxylic acids is 1. The van der Waals surface area contributed by atoms with E-state index in [4.69, 9.17) is 4.74 Å². The number of hydrogen-bond donors (Lipinski definition) is 0. The molecule has 70 valence electrons. The molecule has 0 amide bonds. The lowest BCUT2D eigenvalue weighted by atomic mass is 9.90. The van der Waals surface area contributed by atoms with Gasteiger partial charge in [0.1, 0.15) is 5.60 Å². The fourth-order valence-corrected chi connectivity index (χ4v) is 0.784. The average molecular weight is 170 g/mol. The van der Waals surface area contributed by atoms with Gasteiger partial charge in [0.15, 0.2) is 0 Å². The van der Waals surface area contributed by atoms with Crippen LogP contribution in [0, 0.1) is 5.41 Å². The van der Waals surface area contributed by atoms with Gasteiger partial charge in [-0.1, -0.05) is 6.92 Å². The minimum atomic E-state index is -0.314. The first-order valence-corrected chi connectivity index (χ1v) is 4.63. The van der Waals surface area contributed by atoms with E-state index in [0.717, 1.165) is 19.3 Å². The quantitative estimate of drug-likeness (QED) is 0.608. The summed E-state index contributed by atoms with van der Waals surface area (Å²) in [6.07, 6.45) is 2.89. The van der Waals surface area contributed by atoms with Crippen molar-refractivity contribution in [2.24, 2.45) is 5.41 Å². The van der Waals surface area contributed by atoms with Gasteiger partial charge in [-0.3, -0.25) is 4.79 Å². The molecule has 0 radical (unpaired) electrons. The summed E-state index contributed by atoms with van der Waals surface area (Å²) in [5, 5.41) is 0. The van der Waals surface area contributed by atoms with Crippen molar-refractivity contribution >= 4 is 5.97 Å². The monoisotopic (exact) mass is 170 g/mol. The molecule has 0 N–H and O–H groups in total. The summed E-state index contributed by atoms with van der Waals surface area (Å²) in [4.78, 5) is 11.5. The van der Waals surface area contributed by atoms with E-state index in [2.05, 4.69) is 0 Å². The second-order valence-corrected chi connectivity index (χ2v) is 4.58. The third-order valence-electron chi connectivity index (χ3n) is 2.73. The Balaban J connectivity index is 2.47. The average Bonchev–Trinajstić information content (AvgIpc) is 2.68. The summed E-state index contributed by atoms with van der Waals surface area (Å²) >= 11 is 0. The van der Waals surface area contributed by atoms with Crippen LogP contribution in [0.5, 0.6) is 0 Å². The molecule has 1 aliphatic carbocycles. The molecule has 0 aromatic rings. The molecule has 0 unspecified atom stereocenters. The Morgan fingerprint density at radius 2 is 2.00 bits per heavy atom. The van der Waals surface area contributed by atoms with Crippen molar-refractivity contribution in [1.29, 1.82) is 0 Å². The maximum Gasteiger partial charge on any atom is 0.312 e. The lowest BCUT2D eigenvalue weighted by Gasteiger charge is -2.23. The van der Waals surface area contributed by atoms with Crippen LogP contribution in [0.15, 0.2) is 0 Å². The molecular weight excluding hydrogens is 152 g/mol. The molecule has 1 fully saturated rings. The van der Waals surface area contributed by atoms with Crippen molar-refractivity contribution < 1.29 is 9.53 Å². The largest absolute Gasteiger partial charge is 0.459 e. The first-order chi connectivity index (χ1) is 5.40. The van der Waals surface area contributed by atoms with Gasteiger partial charge in [-0.05, 0) is 40.0 Å². The molecule has 1 saturated carbocycles. The van der Waals surface area contributed by atoms with Crippen molar-refractivity contribution in [1.82, 2.24) is 0 Å². The minimum Gasteiger partial charge on any atom is -0.459 e. The van der Waals surface area contributed by atoms with Gasteiger partial charge >= 0.3 is 5.97 Å². The van der Waals surface area contributed by atoms with Crippen LogP contribution in [-0.2, 0) is 9.53 Å². The van der Waals surface area contributed by atoms with Crippen molar-refractivity contribution in [3.8, 4) is 0 Å². The van der Waals surface area contributed by atoms with Crippen molar-refractivity contribution in [2.75, 3.05) is 0 Å². The number of rotatable bonds is 3. The van der Waals surface area contributed by atoms with Crippen LogP contribution in [0.3, 0.4) is 0 Å². The van der Waals surface area contributed by atoms with Crippen LogP contribution < -0.4 is 0 Å². The predicted octanol–water partition coefficient (Wildman–Crippen LogP) is 2.52. The fraction of sp³-hybridized carbons (Fsp3) is 0.900. The lowest BCUT2D eigenvalue weighted by Crippen LogP contribution is -2.29. The second kappa shape index (κ2) is 2.75. The van der Waals surface area contributed by atoms with E-state index in [0.29, 0.717) is 0 Å². The third kappa shape index (κ3) is 1.99. The van der Waals surface area contributed by atoms with Crippen LogP contribution in [-0.4, -0.2) is 11.6 Å². The topological polar surface area (TPSA) is 26.3 Å². The van der Waals surface area contributed by atoms with Crippen LogP contribution in [0.25, 0.3) is 0 Å². The van der Waals surface area contributed by atoms with E-state index >= 15 is 0 Å². The third-order valence-corrected chi connectivity index (χ3v) is 2.73. The highest BCUT2D eigenvalue weighted by molar-refractivity contribution is 5.76. The lowest BCUT2D eigenvalue weighted by molar-refractivity contribution is -0.160. The van der Waals surface area contributed by atoms with E-state index in [-0.39, 0.29) is 17.0 Å². The van der Waals surface area contributed by atoms with Gasteiger partial charge < -0.3 is 4.74 Å². The summed E-state index contributed by atoms with van der Waals surface area (Å²) in [5.41, 5.74) is -0.435. The van der Waals surface area contributed by atoms with E-state index in [1.807, 2.05) is 27.7 Å². The molecule has 0 aliphatic heterocycles. The Labute approximate surface area is 74.3 Å². The summed E-state index contributed by atoms with van der Waals surface area (Å²) in [7, 11) is 0. The summed E-state index contributed by atoms with van der Waals surface area (Å²) < 4.78 is 5.37. The molecule has 0 spiro atoms. The minimum absolute atomic E-state index is 0.0509. The van der Waals surface area contributed by atoms with E-state index in [1.54, 1.807) is 0 Å². The van der Waals surface area contributed by atoms with Crippen molar-refractivity contribution in [2.45, 2.75) is 52.6 Å². The van der Waals surface area contributed by atoms with Crippen LogP contribution in [0.1, 0.15) is 47.0 Å². The van der Waals surface area contributed by atoms with E-state index in [1.165, 1.54) is 0 Å². The number of esters is 1. The van der Waals surface area contributed by atoms with Gasteiger partial charge in [-0.15, -0.1) is 0 Å². The molecule has 2 nitrogen and oxygen atoms in total. The maximum absolute atomic E-state index is 11.5. The zero-order valence-electron chi connectivity index (χ0n) is 8.44. The molecular formula is C10H18O2. The van der Waals surface area contributed by atoms with Crippen LogP contribution >= 0.6 is 0 Å². The number of ether oxygens (including phenoxy) is 1. The Bertz CT molecular complexity index is 190. The smallest absolute Gasteiger partial charge is 0.312 e. The van der Waals surface area contributed by atoms with Crippen molar-refractivity contribution in [3.05, 3.63) is 0 Å². The normalized spacial score (nSPS) is 20.3. The molecule has 0 bridgehead atoms. The SMILES string of the molecule is CCC(C)(C)C(=O)OC1(C)CC1. The number of hydrogen-bond acceptors (Lipinski definition) is 2. The fourth-order valence-electron chi connectivity index (χ4n) is 0.784. The van der Waals surface area contributed by atoms with Gasteiger partial charge in [0.25, 0.3) is 0 Å². The first-order valence-electron chi connectivity index (χ1n) is 4.63. The van der Waals surface area contributed by atoms with Crippen LogP contribution in [0.2, 0.25) is 0 Å². The van der Waals surface area contributed by atoms with Gasteiger partial charge in [0.2, 0.25) is 0 Å². The molecule has 12 heavy (non-hydrogen) atoms. The summed E-state index contributed by atoms with van der Waals surface area (Å²) in [6.45, 7) is 7.87. The Morgan fingerprint density at radius 3 is 2.33 bits per heavy atom. The number of carbonyl (C=O) groups is 1. The molecule has 0 saturated heterocycles. The molecule has 0 heterocycles. The highest BCUT2D eigenvalue weighted by Gasteiger charge is 2.44. The zero-order chi connectivity index (χ0) is 9.41. The van der Waals surface area contributed by atoms with E-state index < -0.39 is 0 Å². The predicted molar refractivity (Wildman–Crippen MR) is 47.8 cm³/mol. The molecule has 0 atom stereocenters.